The number of hydrogen-bond acceptors (Lipinski definition) is 5. The first-order chi connectivity index (χ1) is 9.88. The van der Waals surface area contributed by atoms with E-state index in [2.05, 4.69) is 0 Å². The number of nitrogens with two attached hydrogens (primary N) is 1. The van der Waals surface area contributed by atoms with Crippen LogP contribution in [0.5, 0.6) is 11.5 Å². The van der Waals surface area contributed by atoms with Gasteiger partial charge in [-0.15, -0.1) is 0 Å². The Morgan fingerprint density at radius 1 is 1.52 bits per heavy atom. The zero-order valence-electron chi connectivity index (χ0n) is 10.9. The zero-order valence-corrected chi connectivity index (χ0v) is 11.7. The largest absolute Gasteiger partial charge is 0.493 e. The molecular weight excluding hydrogens is 300 g/mol. The lowest BCUT2D eigenvalue weighted by molar-refractivity contribution is -0.132. The van der Waals surface area contributed by atoms with Crippen LogP contribution in [0.3, 0.4) is 0 Å². The molecule has 0 spiro atoms. The van der Waals surface area contributed by atoms with Gasteiger partial charge in [-0.3, -0.25) is 4.79 Å². The number of carbonyl (C=O) groups is 2. The summed E-state index contributed by atoms with van der Waals surface area (Å²) in [4.78, 5) is 21.5. The van der Waals surface area contributed by atoms with Crippen molar-refractivity contribution in [3.05, 3.63) is 28.3 Å². The fourth-order valence-corrected chi connectivity index (χ4v) is 1.69. The number of methoxy groups -OCH3 is 1. The Bertz CT molecular complexity index is 649. The van der Waals surface area contributed by atoms with Crippen molar-refractivity contribution in [3.63, 3.8) is 0 Å². The molecule has 0 atom stereocenters. The van der Waals surface area contributed by atoms with Gasteiger partial charge in [0.15, 0.2) is 18.1 Å². The van der Waals surface area contributed by atoms with E-state index in [9.17, 15) is 9.59 Å². The average molecular weight is 311 g/mol. The predicted octanol–water partition coefficient (Wildman–Crippen LogP) is 1.20. The van der Waals surface area contributed by atoms with Crippen molar-refractivity contribution >= 4 is 29.6 Å². The van der Waals surface area contributed by atoms with Crippen molar-refractivity contribution in [3.8, 4) is 17.6 Å². The predicted molar refractivity (Wildman–Crippen MR) is 73.9 cm³/mol. The molecule has 0 fully saturated rings. The Morgan fingerprint density at radius 2 is 2.19 bits per heavy atom. The number of nitriles is 1. The van der Waals surface area contributed by atoms with Crippen LogP contribution in [0.1, 0.15) is 5.56 Å². The third-order valence-corrected chi connectivity index (χ3v) is 2.55. The summed E-state index contributed by atoms with van der Waals surface area (Å²) in [6.45, 7) is -0.385. The van der Waals surface area contributed by atoms with Gasteiger partial charge in [-0.05, 0) is 23.8 Å². The number of carboxylic acids is 1. The number of rotatable bonds is 6. The average Bonchev–Trinajstić information content (AvgIpc) is 2.42. The van der Waals surface area contributed by atoms with Crippen LogP contribution in [0.2, 0.25) is 5.02 Å². The summed E-state index contributed by atoms with van der Waals surface area (Å²) in [6.07, 6.45) is 1.13. The number of halogens is 1. The van der Waals surface area contributed by atoms with Crippen LogP contribution in [0, 0.1) is 11.3 Å². The van der Waals surface area contributed by atoms with E-state index < -0.39 is 17.4 Å². The summed E-state index contributed by atoms with van der Waals surface area (Å²) < 4.78 is 10.2. The number of carboxylic acid groups (broad SMARTS) is 1. The van der Waals surface area contributed by atoms with E-state index in [1.165, 1.54) is 19.2 Å². The molecule has 8 heteroatoms. The number of ether oxygens (including phenoxy) is 2. The van der Waals surface area contributed by atoms with Crippen LogP contribution < -0.4 is 15.2 Å². The van der Waals surface area contributed by atoms with Gasteiger partial charge in [0, 0.05) is 0 Å². The molecule has 0 saturated carbocycles. The molecule has 110 valence electrons. The van der Waals surface area contributed by atoms with Crippen LogP contribution in [0.4, 0.5) is 0 Å². The van der Waals surface area contributed by atoms with Gasteiger partial charge in [-0.1, -0.05) is 11.6 Å². The normalized spacial score (nSPS) is 10.6. The second-order valence-electron chi connectivity index (χ2n) is 3.76. The summed E-state index contributed by atoms with van der Waals surface area (Å²) in [5.74, 6) is -1.77. The molecular formula is C13H11ClN2O5. The van der Waals surface area contributed by atoms with Gasteiger partial charge in [0.05, 0.1) is 12.1 Å². The molecule has 21 heavy (non-hydrogen) atoms. The molecule has 7 nitrogen and oxygen atoms in total. The third-order valence-electron chi connectivity index (χ3n) is 2.27. The highest BCUT2D eigenvalue weighted by molar-refractivity contribution is 6.32. The molecule has 1 aromatic carbocycles. The van der Waals surface area contributed by atoms with Crippen molar-refractivity contribution in [2.45, 2.75) is 0 Å². The minimum absolute atomic E-state index is 0.0875. The van der Waals surface area contributed by atoms with Crippen molar-refractivity contribution in [1.29, 1.82) is 5.26 Å². The second kappa shape index (κ2) is 7.17. The minimum Gasteiger partial charge on any atom is -0.493 e. The number of nitrogens with zero attached hydrogens (tertiary/aromatic N) is 1. The smallest absolute Gasteiger partial charge is 0.346 e. The molecule has 0 unspecified atom stereocenters. The van der Waals surface area contributed by atoms with Gasteiger partial charge in [-0.2, -0.15) is 5.26 Å². The minimum atomic E-state index is -1.36. The first-order valence-corrected chi connectivity index (χ1v) is 5.90. The number of benzene rings is 1. The van der Waals surface area contributed by atoms with Gasteiger partial charge >= 0.3 is 5.97 Å². The molecule has 3 N–H and O–H groups in total. The molecule has 0 aliphatic carbocycles. The SMILES string of the molecule is COc1cc(/C=C(\C#N)C(=O)O)cc(Cl)c1OCC(N)=O. The maximum Gasteiger partial charge on any atom is 0.346 e. The van der Waals surface area contributed by atoms with E-state index in [0.29, 0.717) is 5.56 Å². The van der Waals surface area contributed by atoms with Gasteiger partial charge in [-0.25, -0.2) is 4.79 Å². The van der Waals surface area contributed by atoms with Crippen molar-refractivity contribution < 1.29 is 24.2 Å². The zero-order chi connectivity index (χ0) is 16.0. The highest BCUT2D eigenvalue weighted by Crippen LogP contribution is 2.36. The van der Waals surface area contributed by atoms with E-state index >= 15 is 0 Å². The second-order valence-corrected chi connectivity index (χ2v) is 4.17. The molecule has 0 bridgehead atoms. The quantitative estimate of drug-likeness (QED) is 0.601. The number of carbonyl (C=O) groups excluding carboxylic acids is 1. The van der Waals surface area contributed by atoms with Crippen LogP contribution in [-0.2, 0) is 9.59 Å². The van der Waals surface area contributed by atoms with Gasteiger partial charge in [0.25, 0.3) is 5.91 Å². The van der Waals surface area contributed by atoms with Crippen molar-refractivity contribution in [2.75, 3.05) is 13.7 Å². The van der Waals surface area contributed by atoms with Crippen LogP contribution in [0.25, 0.3) is 6.08 Å². The van der Waals surface area contributed by atoms with Crippen molar-refractivity contribution in [1.82, 2.24) is 0 Å². The summed E-state index contributed by atoms with van der Waals surface area (Å²) in [5.41, 5.74) is 4.85. The summed E-state index contributed by atoms with van der Waals surface area (Å²) >= 11 is 5.99. The number of aliphatic carboxylic acids is 1. The summed E-state index contributed by atoms with van der Waals surface area (Å²) in [6, 6.07) is 4.34. The highest BCUT2D eigenvalue weighted by atomic mass is 35.5. The standard InChI is InChI=1S/C13H11ClN2O5/c1-20-10-4-7(2-8(5-15)13(18)19)3-9(14)12(10)21-6-11(16)17/h2-4H,6H2,1H3,(H2,16,17)(H,18,19)/b8-2+. The Hall–Kier alpha value is -2.72. The van der Waals surface area contributed by atoms with E-state index in [1.54, 1.807) is 6.07 Å². The van der Waals surface area contributed by atoms with Gasteiger partial charge < -0.3 is 20.3 Å². The lowest BCUT2D eigenvalue weighted by atomic mass is 10.1. The molecule has 0 aromatic heterocycles. The van der Waals surface area contributed by atoms with Crippen LogP contribution in [-0.4, -0.2) is 30.7 Å². The molecule has 0 aliphatic rings. The van der Waals surface area contributed by atoms with E-state index in [1.807, 2.05) is 0 Å². The Kier molecular flexibility index (Phi) is 5.57. The molecule has 0 heterocycles. The van der Waals surface area contributed by atoms with E-state index in [0.717, 1.165) is 6.08 Å². The van der Waals surface area contributed by atoms with Gasteiger partial charge in [0.2, 0.25) is 0 Å². The molecule has 1 rings (SSSR count). The van der Waals surface area contributed by atoms with Gasteiger partial charge in [0.1, 0.15) is 11.6 Å². The molecule has 1 amide bonds. The maximum atomic E-state index is 10.8. The highest BCUT2D eigenvalue weighted by Gasteiger charge is 2.14. The summed E-state index contributed by atoms with van der Waals surface area (Å²) in [7, 11) is 1.35. The first kappa shape index (κ1) is 16.3. The summed E-state index contributed by atoms with van der Waals surface area (Å²) in [5, 5.41) is 17.6. The molecule has 0 aliphatic heterocycles. The monoisotopic (exact) mass is 310 g/mol. The van der Waals surface area contributed by atoms with Crippen molar-refractivity contribution in [2.24, 2.45) is 5.73 Å². The van der Waals surface area contributed by atoms with E-state index in [-0.39, 0.29) is 23.1 Å². The van der Waals surface area contributed by atoms with Crippen LogP contribution in [0.15, 0.2) is 17.7 Å². The Balaban J connectivity index is 3.24. The van der Waals surface area contributed by atoms with E-state index in [4.69, 9.17) is 37.2 Å². The topological polar surface area (TPSA) is 123 Å². The Morgan fingerprint density at radius 3 is 2.67 bits per heavy atom. The fraction of sp³-hybridized carbons (Fsp3) is 0.154. The first-order valence-electron chi connectivity index (χ1n) is 5.52. The maximum absolute atomic E-state index is 10.8. The lowest BCUT2D eigenvalue weighted by Gasteiger charge is -2.12. The van der Waals surface area contributed by atoms with Crippen LogP contribution >= 0.6 is 11.6 Å². The number of amides is 1. The fourth-order valence-electron chi connectivity index (χ4n) is 1.41. The molecule has 0 saturated heterocycles. The number of hydrogen-bond donors (Lipinski definition) is 2. The molecule has 0 radical (unpaired) electrons. The Labute approximate surface area is 125 Å². The third kappa shape index (κ3) is 4.40. The molecule has 1 aromatic rings. The number of primary amides is 1. The lowest BCUT2D eigenvalue weighted by Crippen LogP contribution is -2.20.